The number of methoxy groups -OCH3 is 1. The van der Waals surface area contributed by atoms with E-state index >= 15 is 0 Å². The van der Waals surface area contributed by atoms with Crippen molar-refractivity contribution in [1.29, 1.82) is 0 Å². The fourth-order valence-corrected chi connectivity index (χ4v) is 2.73. The van der Waals surface area contributed by atoms with Crippen LogP contribution in [0.4, 0.5) is 5.69 Å². The molecule has 0 N–H and O–H groups in total. The van der Waals surface area contributed by atoms with Gasteiger partial charge in [-0.2, -0.15) is 0 Å². The number of benzene rings is 2. The van der Waals surface area contributed by atoms with E-state index < -0.39 is 4.92 Å². The monoisotopic (exact) mass is 339 g/mol. The Morgan fingerprint density at radius 2 is 1.79 bits per heavy atom. The van der Waals surface area contributed by atoms with Gasteiger partial charge in [-0.15, -0.1) is 0 Å². The zero-order valence-electron chi connectivity index (χ0n) is 10.00. The molecule has 98 valence electrons. The van der Waals surface area contributed by atoms with Gasteiger partial charge in [-0.05, 0) is 46.3 Å². The zero-order chi connectivity index (χ0) is 13.8. The van der Waals surface area contributed by atoms with E-state index in [0.717, 1.165) is 20.0 Å². The molecule has 0 aromatic heterocycles. The van der Waals surface area contributed by atoms with Crippen molar-refractivity contribution >= 4 is 33.4 Å². The second kappa shape index (κ2) is 6.08. The number of hydrogen-bond donors (Lipinski definition) is 0. The van der Waals surface area contributed by atoms with E-state index in [4.69, 9.17) is 4.74 Å². The molecule has 0 aliphatic rings. The average Bonchev–Trinajstić information content (AvgIpc) is 2.41. The summed E-state index contributed by atoms with van der Waals surface area (Å²) in [5, 5.41) is 10.6. The lowest BCUT2D eigenvalue weighted by Gasteiger charge is -2.06. The molecule has 0 aliphatic carbocycles. The maximum absolute atomic E-state index is 10.6. The van der Waals surface area contributed by atoms with Crippen LogP contribution in [-0.4, -0.2) is 12.0 Å². The molecule has 0 saturated heterocycles. The highest BCUT2D eigenvalue weighted by atomic mass is 79.9. The van der Waals surface area contributed by atoms with Gasteiger partial charge in [0.1, 0.15) is 5.75 Å². The molecular weight excluding hydrogens is 330 g/mol. The Balaban J connectivity index is 2.19. The number of halogens is 1. The van der Waals surface area contributed by atoms with E-state index in [-0.39, 0.29) is 5.69 Å². The molecule has 0 fully saturated rings. The van der Waals surface area contributed by atoms with Crippen LogP contribution in [0.25, 0.3) is 0 Å². The second-order valence-corrected chi connectivity index (χ2v) is 5.65. The SMILES string of the molecule is COc1cc(Sc2ccc([N+](=O)[O-])cc2)ccc1Br. The van der Waals surface area contributed by atoms with E-state index in [9.17, 15) is 10.1 Å². The van der Waals surface area contributed by atoms with Crippen molar-refractivity contribution in [2.24, 2.45) is 0 Å². The third kappa shape index (κ3) is 3.48. The van der Waals surface area contributed by atoms with Crippen molar-refractivity contribution in [2.75, 3.05) is 7.11 Å². The van der Waals surface area contributed by atoms with Crippen LogP contribution < -0.4 is 4.74 Å². The highest BCUT2D eigenvalue weighted by Crippen LogP contribution is 2.34. The fourth-order valence-electron chi connectivity index (χ4n) is 1.48. The van der Waals surface area contributed by atoms with Crippen LogP contribution in [0.1, 0.15) is 0 Å². The van der Waals surface area contributed by atoms with E-state index in [2.05, 4.69) is 15.9 Å². The van der Waals surface area contributed by atoms with Crippen molar-refractivity contribution in [3.63, 3.8) is 0 Å². The van der Waals surface area contributed by atoms with Crippen LogP contribution in [0.2, 0.25) is 0 Å². The molecule has 2 aromatic rings. The summed E-state index contributed by atoms with van der Waals surface area (Å²) in [5.41, 5.74) is 0.0951. The summed E-state index contributed by atoms with van der Waals surface area (Å²) >= 11 is 4.92. The van der Waals surface area contributed by atoms with Crippen molar-refractivity contribution in [3.8, 4) is 5.75 Å². The highest BCUT2D eigenvalue weighted by Gasteiger charge is 2.06. The summed E-state index contributed by atoms with van der Waals surface area (Å²) < 4.78 is 6.12. The number of hydrogen-bond acceptors (Lipinski definition) is 4. The second-order valence-electron chi connectivity index (χ2n) is 3.65. The molecule has 0 aliphatic heterocycles. The number of nitrogens with zero attached hydrogens (tertiary/aromatic N) is 1. The van der Waals surface area contributed by atoms with Crippen LogP contribution in [0.5, 0.6) is 5.75 Å². The van der Waals surface area contributed by atoms with Crippen molar-refractivity contribution in [3.05, 3.63) is 57.1 Å². The minimum Gasteiger partial charge on any atom is -0.496 e. The molecule has 0 radical (unpaired) electrons. The minimum atomic E-state index is -0.406. The van der Waals surface area contributed by atoms with Crippen LogP contribution in [-0.2, 0) is 0 Å². The van der Waals surface area contributed by atoms with Gasteiger partial charge in [0.05, 0.1) is 16.5 Å². The van der Waals surface area contributed by atoms with Crippen LogP contribution in [0, 0.1) is 10.1 Å². The Hall–Kier alpha value is -1.53. The maximum Gasteiger partial charge on any atom is 0.269 e. The van der Waals surface area contributed by atoms with E-state index in [1.54, 1.807) is 19.2 Å². The van der Waals surface area contributed by atoms with Gasteiger partial charge in [0.25, 0.3) is 5.69 Å². The van der Waals surface area contributed by atoms with Gasteiger partial charge in [-0.3, -0.25) is 10.1 Å². The first-order valence-corrected chi connectivity index (χ1v) is 6.97. The number of nitro groups is 1. The molecule has 0 atom stereocenters. The number of nitro benzene ring substituents is 1. The van der Waals surface area contributed by atoms with Crippen molar-refractivity contribution < 1.29 is 9.66 Å². The summed E-state index contributed by atoms with van der Waals surface area (Å²) in [4.78, 5) is 12.1. The first-order chi connectivity index (χ1) is 9.10. The molecule has 0 heterocycles. The van der Waals surface area contributed by atoms with Gasteiger partial charge < -0.3 is 4.74 Å². The van der Waals surface area contributed by atoms with E-state index in [1.807, 2.05) is 18.2 Å². The Kier molecular flexibility index (Phi) is 4.44. The average molecular weight is 340 g/mol. The predicted octanol–water partition coefficient (Wildman–Crippen LogP) is 4.52. The number of non-ortho nitro benzene ring substituents is 1. The minimum absolute atomic E-state index is 0.0951. The fraction of sp³-hybridized carbons (Fsp3) is 0.0769. The van der Waals surface area contributed by atoms with Gasteiger partial charge in [0.2, 0.25) is 0 Å². The molecule has 0 bridgehead atoms. The molecule has 6 heteroatoms. The Morgan fingerprint density at radius 3 is 2.37 bits per heavy atom. The van der Waals surface area contributed by atoms with Gasteiger partial charge in [-0.1, -0.05) is 11.8 Å². The molecule has 19 heavy (non-hydrogen) atoms. The van der Waals surface area contributed by atoms with Crippen LogP contribution >= 0.6 is 27.7 Å². The smallest absolute Gasteiger partial charge is 0.269 e. The highest BCUT2D eigenvalue weighted by molar-refractivity contribution is 9.10. The summed E-state index contributed by atoms with van der Waals surface area (Å²) in [6.07, 6.45) is 0. The van der Waals surface area contributed by atoms with Crippen molar-refractivity contribution in [2.45, 2.75) is 9.79 Å². The first-order valence-electron chi connectivity index (χ1n) is 5.36. The van der Waals surface area contributed by atoms with Gasteiger partial charge in [0.15, 0.2) is 0 Å². The standard InChI is InChI=1S/C13H10BrNO3S/c1-18-13-8-11(6-7-12(13)14)19-10-4-2-9(3-5-10)15(16)17/h2-8H,1H3. The first kappa shape index (κ1) is 13.9. The Bertz CT molecular complexity index is 601. The zero-order valence-corrected chi connectivity index (χ0v) is 12.4. The lowest BCUT2D eigenvalue weighted by molar-refractivity contribution is -0.384. The lowest BCUT2D eigenvalue weighted by Crippen LogP contribution is -1.87. The molecule has 0 saturated carbocycles. The molecule has 0 unspecified atom stereocenters. The molecular formula is C13H10BrNO3S. The van der Waals surface area contributed by atoms with Crippen LogP contribution in [0.3, 0.4) is 0 Å². The summed E-state index contributed by atoms with van der Waals surface area (Å²) in [7, 11) is 1.61. The molecule has 0 spiro atoms. The van der Waals surface area contributed by atoms with E-state index in [1.165, 1.54) is 23.9 Å². The quantitative estimate of drug-likeness (QED) is 0.607. The largest absolute Gasteiger partial charge is 0.496 e. The Labute approximate surface area is 123 Å². The van der Waals surface area contributed by atoms with Crippen LogP contribution in [0.15, 0.2) is 56.7 Å². The van der Waals surface area contributed by atoms with E-state index in [0.29, 0.717) is 0 Å². The molecule has 2 rings (SSSR count). The summed E-state index contributed by atoms with van der Waals surface area (Å²) in [6, 6.07) is 12.2. The number of ether oxygens (including phenoxy) is 1. The topological polar surface area (TPSA) is 52.4 Å². The normalized spacial score (nSPS) is 10.2. The van der Waals surface area contributed by atoms with Crippen molar-refractivity contribution in [1.82, 2.24) is 0 Å². The van der Waals surface area contributed by atoms with Gasteiger partial charge in [0, 0.05) is 21.9 Å². The summed E-state index contributed by atoms with van der Waals surface area (Å²) in [5.74, 6) is 0.756. The molecule has 2 aromatic carbocycles. The third-order valence-electron chi connectivity index (χ3n) is 2.41. The molecule has 0 amide bonds. The predicted molar refractivity (Wildman–Crippen MR) is 77.9 cm³/mol. The number of rotatable bonds is 4. The van der Waals surface area contributed by atoms with Gasteiger partial charge >= 0.3 is 0 Å². The molecule has 4 nitrogen and oxygen atoms in total. The third-order valence-corrected chi connectivity index (χ3v) is 4.06. The lowest BCUT2D eigenvalue weighted by atomic mass is 10.3. The van der Waals surface area contributed by atoms with Gasteiger partial charge in [-0.25, -0.2) is 0 Å². The summed E-state index contributed by atoms with van der Waals surface area (Å²) in [6.45, 7) is 0. The Morgan fingerprint density at radius 1 is 1.16 bits per heavy atom. The maximum atomic E-state index is 10.6.